The summed E-state index contributed by atoms with van der Waals surface area (Å²) in [5, 5.41) is 8.51. The van der Waals surface area contributed by atoms with Gasteiger partial charge in [-0.25, -0.2) is 5.43 Å². The molecule has 0 saturated carbocycles. The Labute approximate surface area is 215 Å². The second kappa shape index (κ2) is 12.4. The molecular formula is C26H23F3N4O5. The fourth-order valence-corrected chi connectivity index (χ4v) is 3.16. The van der Waals surface area contributed by atoms with Gasteiger partial charge in [-0.2, -0.15) is 18.3 Å². The minimum absolute atomic E-state index is 0.154. The number of halogens is 3. The number of carbonyl (C=O) groups excluding carboxylic acids is 3. The number of alkyl halides is 3. The molecule has 0 unspecified atom stereocenters. The summed E-state index contributed by atoms with van der Waals surface area (Å²) in [4.78, 5) is 36.5. The Kier molecular flexibility index (Phi) is 9.04. The number of benzene rings is 3. The minimum Gasteiger partial charge on any atom is -0.493 e. The molecule has 0 bridgehead atoms. The van der Waals surface area contributed by atoms with E-state index in [2.05, 4.69) is 15.7 Å². The summed E-state index contributed by atoms with van der Waals surface area (Å²) in [6.07, 6.45) is -3.45. The van der Waals surface area contributed by atoms with E-state index in [9.17, 15) is 27.6 Å². The Bertz CT molecular complexity index is 1360. The standard InChI is InChI=1S/C26H23F3N4O5/c1-16-7-3-4-11-20(16)32-22(34)15-38-23-17(8-5-12-21(23)37-2)14-30-33-25(36)24(35)31-19-10-6-9-18(13-19)26(27,28)29/h3-14H,15H2,1-2H3,(H,31,35)(H,32,34)(H,33,36)/b30-14-. The fraction of sp³-hybridized carbons (Fsp3) is 0.154. The molecular weight excluding hydrogens is 505 g/mol. The van der Waals surface area contributed by atoms with Gasteiger partial charge in [-0.1, -0.05) is 30.3 Å². The van der Waals surface area contributed by atoms with Crippen LogP contribution in [0.1, 0.15) is 16.7 Å². The Morgan fingerprint density at radius 2 is 1.68 bits per heavy atom. The van der Waals surface area contributed by atoms with Gasteiger partial charge < -0.3 is 20.1 Å². The summed E-state index contributed by atoms with van der Waals surface area (Å²) < 4.78 is 49.4. The predicted octanol–water partition coefficient (Wildman–Crippen LogP) is 4.13. The first-order valence-corrected chi connectivity index (χ1v) is 11.1. The molecule has 3 rings (SSSR count). The first kappa shape index (κ1) is 27.7. The van der Waals surface area contributed by atoms with Gasteiger partial charge in [-0.05, 0) is 48.9 Å². The van der Waals surface area contributed by atoms with Crippen LogP contribution in [0.15, 0.2) is 71.8 Å². The number of rotatable bonds is 8. The van der Waals surface area contributed by atoms with Crippen LogP contribution in [-0.2, 0) is 20.6 Å². The van der Waals surface area contributed by atoms with Gasteiger partial charge in [0.1, 0.15) is 0 Å². The first-order valence-electron chi connectivity index (χ1n) is 11.1. The van der Waals surface area contributed by atoms with Gasteiger partial charge in [0.15, 0.2) is 18.1 Å². The van der Waals surface area contributed by atoms with Crippen molar-refractivity contribution in [2.24, 2.45) is 5.10 Å². The van der Waals surface area contributed by atoms with Gasteiger partial charge >= 0.3 is 18.0 Å². The van der Waals surface area contributed by atoms with Crippen LogP contribution >= 0.6 is 0 Å². The van der Waals surface area contributed by atoms with Gasteiger partial charge in [0.2, 0.25) is 0 Å². The quantitative estimate of drug-likeness (QED) is 0.231. The topological polar surface area (TPSA) is 118 Å². The lowest BCUT2D eigenvalue weighted by atomic mass is 10.2. The zero-order valence-electron chi connectivity index (χ0n) is 20.3. The van der Waals surface area contributed by atoms with Crippen LogP contribution in [-0.4, -0.2) is 37.7 Å². The van der Waals surface area contributed by atoms with Crippen molar-refractivity contribution in [3.63, 3.8) is 0 Å². The van der Waals surface area contributed by atoms with E-state index in [0.29, 0.717) is 17.3 Å². The maximum absolute atomic E-state index is 12.8. The molecule has 9 nitrogen and oxygen atoms in total. The Morgan fingerprint density at radius 3 is 2.39 bits per heavy atom. The van der Waals surface area contributed by atoms with Crippen molar-refractivity contribution < 1.29 is 37.0 Å². The lowest BCUT2D eigenvalue weighted by molar-refractivity contribution is -0.137. The number of nitrogens with zero attached hydrogens (tertiary/aromatic N) is 1. The molecule has 0 saturated heterocycles. The van der Waals surface area contributed by atoms with Crippen LogP contribution in [0.3, 0.4) is 0 Å². The van der Waals surface area contributed by atoms with Gasteiger partial charge in [0.25, 0.3) is 5.91 Å². The molecule has 12 heteroatoms. The number of hydrazone groups is 1. The van der Waals surface area contributed by atoms with E-state index < -0.39 is 29.5 Å². The van der Waals surface area contributed by atoms with Crippen molar-refractivity contribution in [3.8, 4) is 11.5 Å². The summed E-state index contributed by atoms with van der Waals surface area (Å²) in [5.74, 6) is -2.43. The molecule has 0 spiro atoms. The van der Waals surface area contributed by atoms with Crippen molar-refractivity contribution in [1.29, 1.82) is 0 Å². The number of hydrogen-bond donors (Lipinski definition) is 3. The Balaban J connectivity index is 1.63. The zero-order valence-corrected chi connectivity index (χ0v) is 20.3. The smallest absolute Gasteiger partial charge is 0.416 e. The Morgan fingerprint density at radius 1 is 0.947 bits per heavy atom. The maximum Gasteiger partial charge on any atom is 0.416 e. The SMILES string of the molecule is COc1cccc(/C=N\NC(=O)C(=O)Nc2cccc(C(F)(F)F)c2)c1OCC(=O)Nc1ccccc1C. The number of para-hydroxylation sites is 2. The summed E-state index contributed by atoms with van der Waals surface area (Å²) in [5.41, 5.74) is 2.61. The van der Waals surface area contributed by atoms with Crippen molar-refractivity contribution >= 4 is 35.3 Å². The largest absolute Gasteiger partial charge is 0.493 e. The lowest BCUT2D eigenvalue weighted by Crippen LogP contribution is -2.32. The summed E-state index contributed by atoms with van der Waals surface area (Å²) in [7, 11) is 1.40. The number of methoxy groups -OCH3 is 1. The molecule has 3 amide bonds. The normalized spacial score (nSPS) is 11.1. The third-order valence-electron chi connectivity index (χ3n) is 5.02. The molecule has 0 heterocycles. The minimum atomic E-state index is -4.61. The van der Waals surface area contributed by atoms with E-state index in [-0.39, 0.29) is 23.8 Å². The van der Waals surface area contributed by atoms with E-state index in [1.165, 1.54) is 13.2 Å². The van der Waals surface area contributed by atoms with Gasteiger partial charge in [-0.3, -0.25) is 14.4 Å². The zero-order chi connectivity index (χ0) is 27.7. The molecule has 0 fully saturated rings. The highest BCUT2D eigenvalue weighted by molar-refractivity contribution is 6.39. The molecule has 38 heavy (non-hydrogen) atoms. The number of anilines is 2. The van der Waals surface area contributed by atoms with E-state index >= 15 is 0 Å². The first-order chi connectivity index (χ1) is 18.1. The molecule has 3 aromatic carbocycles. The molecule has 0 aromatic heterocycles. The van der Waals surface area contributed by atoms with Crippen LogP contribution in [0.2, 0.25) is 0 Å². The highest BCUT2D eigenvalue weighted by Crippen LogP contribution is 2.31. The fourth-order valence-electron chi connectivity index (χ4n) is 3.16. The van der Waals surface area contributed by atoms with E-state index in [1.807, 2.05) is 24.5 Å². The number of hydrogen-bond acceptors (Lipinski definition) is 6. The van der Waals surface area contributed by atoms with Gasteiger partial charge in [0.05, 0.1) is 18.9 Å². The van der Waals surface area contributed by atoms with Crippen LogP contribution in [0.4, 0.5) is 24.5 Å². The lowest BCUT2D eigenvalue weighted by Gasteiger charge is -2.13. The molecule has 0 atom stereocenters. The maximum atomic E-state index is 12.8. The summed E-state index contributed by atoms with van der Waals surface area (Å²) in [6, 6.07) is 15.8. The van der Waals surface area contributed by atoms with E-state index in [1.54, 1.807) is 30.3 Å². The van der Waals surface area contributed by atoms with Crippen molar-refractivity contribution in [2.75, 3.05) is 24.4 Å². The molecule has 0 aliphatic carbocycles. The van der Waals surface area contributed by atoms with Crippen LogP contribution in [0.5, 0.6) is 11.5 Å². The monoisotopic (exact) mass is 528 g/mol. The third-order valence-corrected chi connectivity index (χ3v) is 5.02. The number of amides is 3. The highest BCUT2D eigenvalue weighted by Gasteiger charge is 2.30. The van der Waals surface area contributed by atoms with E-state index in [0.717, 1.165) is 23.9 Å². The van der Waals surface area contributed by atoms with Crippen molar-refractivity contribution in [2.45, 2.75) is 13.1 Å². The van der Waals surface area contributed by atoms with Crippen LogP contribution < -0.4 is 25.5 Å². The molecule has 0 aliphatic heterocycles. The molecule has 3 N–H and O–H groups in total. The molecule has 3 aromatic rings. The van der Waals surface area contributed by atoms with Gasteiger partial charge in [0, 0.05) is 16.9 Å². The number of carbonyl (C=O) groups is 3. The third kappa shape index (κ3) is 7.56. The average molecular weight is 528 g/mol. The summed E-state index contributed by atoms with van der Waals surface area (Å²) >= 11 is 0. The van der Waals surface area contributed by atoms with Crippen LogP contribution in [0, 0.1) is 6.92 Å². The van der Waals surface area contributed by atoms with Crippen molar-refractivity contribution in [3.05, 3.63) is 83.4 Å². The molecule has 0 radical (unpaired) electrons. The van der Waals surface area contributed by atoms with Crippen LogP contribution in [0.25, 0.3) is 0 Å². The number of aryl methyl sites for hydroxylation is 1. The van der Waals surface area contributed by atoms with E-state index in [4.69, 9.17) is 9.47 Å². The highest BCUT2D eigenvalue weighted by atomic mass is 19.4. The predicted molar refractivity (Wildman–Crippen MR) is 134 cm³/mol. The summed E-state index contributed by atoms with van der Waals surface area (Å²) in [6.45, 7) is 1.49. The number of ether oxygens (including phenoxy) is 2. The average Bonchev–Trinajstić information content (AvgIpc) is 2.88. The Hall–Kier alpha value is -4.87. The van der Waals surface area contributed by atoms with Gasteiger partial charge in [-0.15, -0.1) is 0 Å². The van der Waals surface area contributed by atoms with Crippen molar-refractivity contribution in [1.82, 2.24) is 5.43 Å². The molecule has 198 valence electrons. The second-order valence-corrected chi connectivity index (χ2v) is 7.76. The number of nitrogens with one attached hydrogen (secondary N) is 3. The molecule has 0 aliphatic rings. The second-order valence-electron chi connectivity index (χ2n) is 7.76.